The fraction of sp³-hybridized carbons (Fsp3) is 0.385. The maximum absolute atomic E-state index is 4.34. The zero-order valence-corrected chi connectivity index (χ0v) is 15.5. The monoisotopic (exact) mass is 422 g/mol. The van der Waals surface area contributed by atoms with Gasteiger partial charge in [0.15, 0.2) is 5.96 Å². The van der Waals surface area contributed by atoms with Crippen LogP contribution in [0.5, 0.6) is 0 Å². The summed E-state index contributed by atoms with van der Waals surface area (Å²) in [7, 11) is 1.79. The highest BCUT2D eigenvalue weighted by molar-refractivity contribution is 14.0. The number of nitrogens with one attached hydrogen (secondary N) is 2. The average molecular weight is 422 g/mol. The van der Waals surface area contributed by atoms with E-state index in [9.17, 15) is 0 Å². The zero-order chi connectivity index (χ0) is 13.5. The molecule has 20 heavy (non-hydrogen) atoms. The number of thiophene rings is 1. The summed E-state index contributed by atoms with van der Waals surface area (Å²) in [6.45, 7) is 3.73. The molecule has 0 aromatic carbocycles. The third-order valence-corrected chi connectivity index (χ3v) is 4.27. The van der Waals surface area contributed by atoms with Gasteiger partial charge in [0.1, 0.15) is 0 Å². The number of hydrogen-bond donors (Lipinski definition) is 2. The summed E-state index contributed by atoms with van der Waals surface area (Å²) in [5.74, 6) is 0.833. The van der Waals surface area contributed by atoms with E-state index in [0.29, 0.717) is 0 Å². The third-order valence-electron chi connectivity index (χ3n) is 2.56. The van der Waals surface area contributed by atoms with Gasteiger partial charge in [0.2, 0.25) is 0 Å². The summed E-state index contributed by atoms with van der Waals surface area (Å²) < 4.78 is 0. The molecule has 0 aliphatic rings. The molecular formula is C13H19IN4S2. The first kappa shape index (κ1) is 17.4. The number of hydrogen-bond acceptors (Lipinski definition) is 4. The Morgan fingerprint density at radius 3 is 2.85 bits per heavy atom. The van der Waals surface area contributed by atoms with Crippen LogP contribution in [0, 0.1) is 6.92 Å². The summed E-state index contributed by atoms with van der Waals surface area (Å²) in [5, 5.41) is 12.0. The molecule has 2 aromatic rings. The van der Waals surface area contributed by atoms with E-state index in [2.05, 4.69) is 44.4 Å². The smallest absolute Gasteiger partial charge is 0.191 e. The van der Waals surface area contributed by atoms with Crippen molar-refractivity contribution in [1.29, 1.82) is 0 Å². The minimum Gasteiger partial charge on any atom is -0.356 e. The second kappa shape index (κ2) is 9.30. The third kappa shape index (κ3) is 5.76. The van der Waals surface area contributed by atoms with Gasteiger partial charge < -0.3 is 10.6 Å². The predicted molar refractivity (Wildman–Crippen MR) is 98.5 cm³/mol. The van der Waals surface area contributed by atoms with Crippen LogP contribution in [0.2, 0.25) is 0 Å². The molecule has 4 nitrogen and oxygen atoms in total. The lowest BCUT2D eigenvalue weighted by molar-refractivity contribution is 0.793. The summed E-state index contributed by atoms with van der Waals surface area (Å²) in [6, 6.07) is 2.11. The summed E-state index contributed by atoms with van der Waals surface area (Å²) in [5.41, 5.74) is 1.28. The molecule has 2 N–H and O–H groups in total. The number of guanidine groups is 1. The van der Waals surface area contributed by atoms with E-state index in [1.165, 1.54) is 15.4 Å². The number of aliphatic imine (C=N–C) groups is 1. The minimum atomic E-state index is 0. The number of rotatable bonds is 5. The van der Waals surface area contributed by atoms with Crippen molar-refractivity contribution < 1.29 is 0 Å². The Kier molecular flexibility index (Phi) is 8.08. The number of nitrogens with zero attached hydrogens (tertiary/aromatic N) is 2. The van der Waals surface area contributed by atoms with Crippen LogP contribution in [0.4, 0.5) is 0 Å². The molecule has 2 rings (SSSR count). The molecule has 0 spiro atoms. The van der Waals surface area contributed by atoms with Crippen molar-refractivity contribution in [3.63, 3.8) is 0 Å². The van der Waals surface area contributed by atoms with Gasteiger partial charge in [-0.25, -0.2) is 4.98 Å². The Hall–Kier alpha value is -0.670. The highest BCUT2D eigenvalue weighted by atomic mass is 127. The zero-order valence-electron chi connectivity index (χ0n) is 11.5. The number of halogens is 1. The largest absolute Gasteiger partial charge is 0.356 e. The normalized spacial score (nSPS) is 11.0. The van der Waals surface area contributed by atoms with Crippen molar-refractivity contribution in [2.45, 2.75) is 19.9 Å². The van der Waals surface area contributed by atoms with Crippen LogP contribution in [0.15, 0.2) is 28.0 Å². The molecular weight excluding hydrogens is 403 g/mol. The standard InChI is InChI=1S/C13H18N4S2.HI/c1-10-7-16-12(19-10)3-5-15-13(14-2)17-8-11-4-6-18-9-11;/h4,6-7,9H,3,5,8H2,1-2H3,(H2,14,15,17);1H. The van der Waals surface area contributed by atoms with Crippen molar-refractivity contribution >= 4 is 52.6 Å². The lowest BCUT2D eigenvalue weighted by atomic mass is 10.3. The molecule has 0 bridgehead atoms. The molecule has 0 aliphatic heterocycles. The fourth-order valence-electron chi connectivity index (χ4n) is 1.60. The van der Waals surface area contributed by atoms with Gasteiger partial charge in [0.05, 0.1) is 5.01 Å². The van der Waals surface area contributed by atoms with Crippen LogP contribution in [0.1, 0.15) is 15.4 Å². The molecule has 0 unspecified atom stereocenters. The number of aryl methyl sites for hydroxylation is 1. The Morgan fingerprint density at radius 2 is 2.25 bits per heavy atom. The van der Waals surface area contributed by atoms with E-state index < -0.39 is 0 Å². The molecule has 2 heterocycles. The maximum atomic E-state index is 4.34. The second-order valence-corrected chi connectivity index (χ2v) is 6.20. The maximum Gasteiger partial charge on any atom is 0.191 e. The molecule has 0 fully saturated rings. The minimum absolute atomic E-state index is 0. The molecule has 110 valence electrons. The molecule has 0 saturated carbocycles. The summed E-state index contributed by atoms with van der Waals surface area (Å²) in [4.78, 5) is 9.81. The first-order chi connectivity index (χ1) is 9.28. The highest BCUT2D eigenvalue weighted by Gasteiger charge is 2.01. The first-order valence-corrected chi connectivity index (χ1v) is 7.91. The lowest BCUT2D eigenvalue weighted by Gasteiger charge is -2.10. The first-order valence-electron chi connectivity index (χ1n) is 6.15. The van der Waals surface area contributed by atoms with Gasteiger partial charge in [0.25, 0.3) is 0 Å². The Morgan fingerprint density at radius 1 is 1.40 bits per heavy atom. The van der Waals surface area contributed by atoms with Crippen LogP contribution in [-0.2, 0) is 13.0 Å². The van der Waals surface area contributed by atoms with Gasteiger partial charge in [-0.1, -0.05) is 0 Å². The molecule has 0 saturated heterocycles. The molecule has 0 aliphatic carbocycles. The van der Waals surface area contributed by atoms with Crippen molar-refractivity contribution in [2.75, 3.05) is 13.6 Å². The predicted octanol–water partition coefficient (Wildman–Crippen LogP) is 3.04. The van der Waals surface area contributed by atoms with Crippen LogP contribution < -0.4 is 10.6 Å². The van der Waals surface area contributed by atoms with Gasteiger partial charge in [-0.15, -0.1) is 35.3 Å². The van der Waals surface area contributed by atoms with E-state index in [1.54, 1.807) is 29.7 Å². The molecule has 0 radical (unpaired) electrons. The Bertz CT molecular complexity index is 522. The van der Waals surface area contributed by atoms with E-state index in [4.69, 9.17) is 0 Å². The number of thiazole rings is 1. The van der Waals surface area contributed by atoms with Crippen molar-refractivity contribution in [2.24, 2.45) is 4.99 Å². The fourth-order valence-corrected chi connectivity index (χ4v) is 3.06. The second-order valence-electron chi connectivity index (χ2n) is 4.10. The summed E-state index contributed by atoms with van der Waals surface area (Å²) >= 11 is 3.46. The van der Waals surface area contributed by atoms with E-state index in [-0.39, 0.29) is 24.0 Å². The Labute approximate surface area is 144 Å². The van der Waals surface area contributed by atoms with E-state index in [1.807, 2.05) is 6.20 Å². The highest BCUT2D eigenvalue weighted by Crippen LogP contribution is 2.10. The molecule has 7 heteroatoms. The Balaban J connectivity index is 0.00000200. The number of aromatic nitrogens is 1. The van der Waals surface area contributed by atoms with E-state index in [0.717, 1.165) is 25.5 Å². The van der Waals surface area contributed by atoms with Crippen LogP contribution in [0.25, 0.3) is 0 Å². The molecule has 0 amide bonds. The quantitative estimate of drug-likeness (QED) is 0.443. The van der Waals surface area contributed by atoms with Crippen molar-refractivity contribution in [3.8, 4) is 0 Å². The molecule has 2 aromatic heterocycles. The van der Waals surface area contributed by atoms with Crippen LogP contribution >= 0.6 is 46.7 Å². The topological polar surface area (TPSA) is 49.3 Å². The van der Waals surface area contributed by atoms with Gasteiger partial charge in [-0.05, 0) is 29.3 Å². The summed E-state index contributed by atoms with van der Waals surface area (Å²) in [6.07, 6.45) is 2.85. The molecule has 0 atom stereocenters. The van der Waals surface area contributed by atoms with Crippen LogP contribution in [-0.4, -0.2) is 24.5 Å². The van der Waals surface area contributed by atoms with E-state index >= 15 is 0 Å². The van der Waals surface area contributed by atoms with Gasteiger partial charge in [-0.3, -0.25) is 4.99 Å². The van der Waals surface area contributed by atoms with Gasteiger partial charge in [0, 0.05) is 37.6 Å². The van der Waals surface area contributed by atoms with Gasteiger partial charge in [-0.2, -0.15) is 11.3 Å². The van der Waals surface area contributed by atoms with Crippen molar-refractivity contribution in [1.82, 2.24) is 15.6 Å². The van der Waals surface area contributed by atoms with Gasteiger partial charge >= 0.3 is 0 Å². The lowest BCUT2D eigenvalue weighted by Crippen LogP contribution is -2.37. The van der Waals surface area contributed by atoms with Crippen LogP contribution in [0.3, 0.4) is 0 Å². The SMILES string of the molecule is CN=C(NCCc1ncc(C)s1)NCc1ccsc1.I. The van der Waals surface area contributed by atoms with Crippen molar-refractivity contribution in [3.05, 3.63) is 38.5 Å². The average Bonchev–Trinajstić information content (AvgIpc) is 3.05.